The third-order valence-electron chi connectivity index (χ3n) is 4.87. The van der Waals surface area contributed by atoms with Gasteiger partial charge in [0.2, 0.25) is 5.88 Å². The largest absolute Gasteiger partial charge is 0.450 e. The standard InChI is InChI=1S/C21H23N5O3/c1-2-28-21(27)26-11-9-25(10-12-26)19-18(22)20(24-14-23-19)29-17-8-7-15-5-3-4-6-16(15)13-17/h3-8,13-14H,2,9-12,22H2,1H3. The zero-order chi connectivity index (χ0) is 20.2. The summed E-state index contributed by atoms with van der Waals surface area (Å²) in [5.74, 6) is 1.59. The van der Waals surface area contributed by atoms with E-state index in [2.05, 4.69) is 9.97 Å². The molecule has 2 N–H and O–H groups in total. The van der Waals surface area contributed by atoms with E-state index in [0.717, 1.165) is 10.8 Å². The second kappa shape index (κ2) is 8.22. The van der Waals surface area contributed by atoms with E-state index in [1.54, 1.807) is 11.8 Å². The lowest BCUT2D eigenvalue weighted by Gasteiger charge is -2.35. The zero-order valence-electron chi connectivity index (χ0n) is 16.2. The van der Waals surface area contributed by atoms with E-state index in [9.17, 15) is 4.79 Å². The first-order valence-corrected chi connectivity index (χ1v) is 9.59. The summed E-state index contributed by atoms with van der Waals surface area (Å²) in [7, 11) is 0. The molecule has 3 aromatic rings. The van der Waals surface area contributed by atoms with Gasteiger partial charge < -0.3 is 25.0 Å². The molecule has 0 radical (unpaired) electrons. The smallest absolute Gasteiger partial charge is 0.409 e. The van der Waals surface area contributed by atoms with Crippen LogP contribution in [0.25, 0.3) is 10.8 Å². The number of hydrogen-bond donors (Lipinski definition) is 1. The van der Waals surface area contributed by atoms with E-state index in [0.29, 0.717) is 55.9 Å². The fraction of sp³-hybridized carbons (Fsp3) is 0.286. The average Bonchev–Trinajstić information content (AvgIpc) is 2.75. The van der Waals surface area contributed by atoms with Gasteiger partial charge in [-0.05, 0) is 29.8 Å². The van der Waals surface area contributed by atoms with Crippen molar-refractivity contribution >= 4 is 28.4 Å². The Morgan fingerprint density at radius 3 is 2.59 bits per heavy atom. The van der Waals surface area contributed by atoms with Crippen molar-refractivity contribution in [2.45, 2.75) is 6.92 Å². The third kappa shape index (κ3) is 4.01. The summed E-state index contributed by atoms with van der Waals surface area (Å²) in [4.78, 5) is 24.1. The number of anilines is 2. The van der Waals surface area contributed by atoms with Crippen molar-refractivity contribution in [3.63, 3.8) is 0 Å². The second-order valence-corrected chi connectivity index (χ2v) is 6.70. The van der Waals surface area contributed by atoms with Crippen LogP contribution in [0.4, 0.5) is 16.3 Å². The molecule has 0 saturated carbocycles. The number of nitrogens with zero attached hydrogens (tertiary/aromatic N) is 4. The fourth-order valence-electron chi connectivity index (χ4n) is 3.36. The molecule has 4 rings (SSSR count). The first-order valence-electron chi connectivity index (χ1n) is 9.59. The van der Waals surface area contributed by atoms with Gasteiger partial charge in [-0.25, -0.2) is 9.78 Å². The van der Waals surface area contributed by atoms with Crippen LogP contribution in [0, 0.1) is 0 Å². The Bertz CT molecular complexity index is 1020. The normalized spacial score (nSPS) is 14.1. The van der Waals surface area contributed by atoms with E-state index in [-0.39, 0.29) is 6.09 Å². The molecule has 1 aliphatic rings. The van der Waals surface area contributed by atoms with Crippen LogP contribution < -0.4 is 15.4 Å². The van der Waals surface area contributed by atoms with Gasteiger partial charge in [0.05, 0.1) is 6.61 Å². The van der Waals surface area contributed by atoms with E-state index in [4.69, 9.17) is 15.2 Å². The number of piperazine rings is 1. The highest BCUT2D eigenvalue weighted by Gasteiger charge is 2.25. The summed E-state index contributed by atoms with van der Waals surface area (Å²) in [6, 6.07) is 13.9. The Hall–Kier alpha value is -3.55. The molecule has 150 valence electrons. The predicted molar refractivity (Wildman–Crippen MR) is 111 cm³/mol. The molecule has 2 heterocycles. The lowest BCUT2D eigenvalue weighted by Crippen LogP contribution is -2.49. The van der Waals surface area contributed by atoms with E-state index < -0.39 is 0 Å². The van der Waals surface area contributed by atoms with Crippen molar-refractivity contribution in [1.82, 2.24) is 14.9 Å². The monoisotopic (exact) mass is 393 g/mol. The molecule has 0 bridgehead atoms. The topological polar surface area (TPSA) is 93.8 Å². The fourth-order valence-corrected chi connectivity index (χ4v) is 3.36. The van der Waals surface area contributed by atoms with Crippen LogP contribution in [0.2, 0.25) is 0 Å². The molecule has 1 amide bonds. The van der Waals surface area contributed by atoms with Crippen molar-refractivity contribution in [2.75, 3.05) is 43.4 Å². The number of nitrogen functional groups attached to an aromatic ring is 1. The highest BCUT2D eigenvalue weighted by molar-refractivity contribution is 5.84. The molecule has 1 aliphatic heterocycles. The number of hydrogen-bond acceptors (Lipinski definition) is 7. The zero-order valence-corrected chi connectivity index (χ0v) is 16.2. The Labute approximate surface area is 168 Å². The molecule has 1 aromatic heterocycles. The van der Waals surface area contributed by atoms with Gasteiger partial charge in [0, 0.05) is 26.2 Å². The van der Waals surface area contributed by atoms with Crippen LogP contribution in [-0.2, 0) is 4.74 Å². The molecular weight excluding hydrogens is 370 g/mol. The Morgan fingerprint density at radius 1 is 1.07 bits per heavy atom. The second-order valence-electron chi connectivity index (χ2n) is 6.70. The average molecular weight is 393 g/mol. The van der Waals surface area contributed by atoms with Gasteiger partial charge in [-0.2, -0.15) is 4.98 Å². The number of fused-ring (bicyclic) bond motifs is 1. The van der Waals surface area contributed by atoms with Crippen LogP contribution in [-0.4, -0.2) is 53.7 Å². The lowest BCUT2D eigenvalue weighted by molar-refractivity contribution is 0.105. The van der Waals surface area contributed by atoms with Crippen molar-refractivity contribution in [1.29, 1.82) is 0 Å². The van der Waals surface area contributed by atoms with Crippen LogP contribution in [0.5, 0.6) is 11.6 Å². The number of nitrogens with two attached hydrogens (primary N) is 1. The number of aromatic nitrogens is 2. The van der Waals surface area contributed by atoms with E-state index >= 15 is 0 Å². The summed E-state index contributed by atoms with van der Waals surface area (Å²) in [6.45, 7) is 4.47. The Kier molecular flexibility index (Phi) is 5.33. The number of carbonyl (C=O) groups is 1. The van der Waals surface area contributed by atoms with Crippen molar-refractivity contribution in [3.05, 3.63) is 48.8 Å². The van der Waals surface area contributed by atoms with Gasteiger partial charge in [0.25, 0.3) is 0 Å². The van der Waals surface area contributed by atoms with E-state index in [1.807, 2.05) is 47.4 Å². The molecule has 0 unspecified atom stereocenters. The van der Waals surface area contributed by atoms with Gasteiger partial charge in [0.1, 0.15) is 17.8 Å². The molecule has 2 aromatic carbocycles. The van der Waals surface area contributed by atoms with Gasteiger partial charge in [0.15, 0.2) is 5.82 Å². The molecule has 29 heavy (non-hydrogen) atoms. The minimum atomic E-state index is -0.289. The van der Waals surface area contributed by atoms with Crippen LogP contribution in [0.3, 0.4) is 0 Å². The Morgan fingerprint density at radius 2 is 1.83 bits per heavy atom. The quantitative estimate of drug-likeness (QED) is 0.727. The maximum Gasteiger partial charge on any atom is 0.409 e. The number of rotatable bonds is 4. The minimum Gasteiger partial charge on any atom is -0.450 e. The molecule has 1 fully saturated rings. The number of amides is 1. The summed E-state index contributed by atoms with van der Waals surface area (Å²) in [5, 5.41) is 2.21. The minimum absolute atomic E-state index is 0.289. The third-order valence-corrected chi connectivity index (χ3v) is 4.87. The highest BCUT2D eigenvalue weighted by atomic mass is 16.6. The van der Waals surface area contributed by atoms with Crippen molar-refractivity contribution in [3.8, 4) is 11.6 Å². The van der Waals surface area contributed by atoms with Crippen LogP contribution >= 0.6 is 0 Å². The number of ether oxygens (including phenoxy) is 2. The maximum absolute atomic E-state index is 11.9. The van der Waals surface area contributed by atoms with Crippen molar-refractivity contribution in [2.24, 2.45) is 0 Å². The highest BCUT2D eigenvalue weighted by Crippen LogP contribution is 2.33. The van der Waals surface area contributed by atoms with Gasteiger partial charge >= 0.3 is 6.09 Å². The summed E-state index contributed by atoms with van der Waals surface area (Å²) in [6.07, 6.45) is 1.16. The first kappa shape index (κ1) is 18.8. The number of benzene rings is 2. The summed E-state index contributed by atoms with van der Waals surface area (Å²) < 4.78 is 11.0. The predicted octanol–water partition coefficient (Wildman–Crippen LogP) is 3.28. The summed E-state index contributed by atoms with van der Waals surface area (Å²) in [5.41, 5.74) is 6.70. The Balaban J connectivity index is 1.49. The van der Waals surface area contributed by atoms with E-state index in [1.165, 1.54) is 6.33 Å². The number of carbonyl (C=O) groups excluding carboxylic acids is 1. The lowest BCUT2D eigenvalue weighted by atomic mass is 10.1. The summed E-state index contributed by atoms with van der Waals surface area (Å²) >= 11 is 0. The molecule has 8 nitrogen and oxygen atoms in total. The first-order chi connectivity index (χ1) is 14.2. The van der Waals surface area contributed by atoms with Gasteiger partial charge in [-0.3, -0.25) is 0 Å². The molecule has 0 spiro atoms. The SMILES string of the molecule is CCOC(=O)N1CCN(c2ncnc(Oc3ccc4ccccc4c3)c2N)CC1. The molecule has 1 saturated heterocycles. The van der Waals surface area contributed by atoms with Gasteiger partial charge in [-0.1, -0.05) is 30.3 Å². The molecule has 0 aliphatic carbocycles. The van der Waals surface area contributed by atoms with Gasteiger partial charge in [-0.15, -0.1) is 0 Å². The molecule has 8 heteroatoms. The molecule has 0 atom stereocenters. The van der Waals surface area contributed by atoms with Crippen LogP contribution in [0.1, 0.15) is 6.92 Å². The molecular formula is C21H23N5O3. The van der Waals surface area contributed by atoms with Crippen molar-refractivity contribution < 1.29 is 14.3 Å². The van der Waals surface area contributed by atoms with Crippen LogP contribution in [0.15, 0.2) is 48.8 Å². The maximum atomic E-state index is 11.9.